The Morgan fingerprint density at radius 1 is 1.48 bits per heavy atom. The number of nitro groups is 1. The van der Waals surface area contributed by atoms with Crippen molar-refractivity contribution in [2.45, 2.75) is 19.8 Å². The summed E-state index contributed by atoms with van der Waals surface area (Å²) in [7, 11) is 0. The molecule has 0 saturated carbocycles. The molecule has 0 aliphatic carbocycles. The molecule has 1 aromatic carbocycles. The monoisotopic (exact) mass is 321 g/mol. The van der Waals surface area contributed by atoms with Crippen molar-refractivity contribution in [2.75, 3.05) is 19.7 Å². The van der Waals surface area contributed by atoms with Crippen molar-refractivity contribution < 1.29 is 19.2 Å². The van der Waals surface area contributed by atoms with Gasteiger partial charge >= 0.3 is 5.69 Å². The molecule has 23 heavy (non-hydrogen) atoms. The minimum atomic E-state index is -0.552. The fourth-order valence-corrected chi connectivity index (χ4v) is 2.55. The predicted octanol–water partition coefficient (Wildman–Crippen LogP) is 1.01. The second kappa shape index (κ2) is 7.08. The Morgan fingerprint density at radius 2 is 2.22 bits per heavy atom. The zero-order valence-corrected chi connectivity index (χ0v) is 12.9. The molecule has 1 heterocycles. The van der Waals surface area contributed by atoms with Crippen LogP contribution in [0.3, 0.4) is 0 Å². The summed E-state index contributed by atoms with van der Waals surface area (Å²) >= 11 is 0. The van der Waals surface area contributed by atoms with Crippen LogP contribution in [0, 0.1) is 23.0 Å². The van der Waals surface area contributed by atoms with Gasteiger partial charge in [-0.05, 0) is 31.4 Å². The van der Waals surface area contributed by atoms with Crippen LogP contribution < -0.4 is 10.5 Å². The average Bonchev–Trinajstić information content (AvgIpc) is 2.52. The molecule has 2 N–H and O–H groups in total. The Balaban J connectivity index is 2.00. The largest absolute Gasteiger partial charge is 0.477 e. The maximum Gasteiger partial charge on any atom is 0.310 e. The number of rotatable bonds is 5. The number of hydrogen-bond donors (Lipinski definition) is 1. The van der Waals surface area contributed by atoms with E-state index < -0.39 is 10.8 Å². The normalized spacial score (nSPS) is 17.6. The summed E-state index contributed by atoms with van der Waals surface area (Å²) in [5.74, 6) is -1.02. The molecule has 0 aromatic heterocycles. The maximum absolute atomic E-state index is 12.2. The van der Waals surface area contributed by atoms with E-state index in [0.29, 0.717) is 19.4 Å². The lowest BCUT2D eigenvalue weighted by Gasteiger charge is -2.31. The molecular formula is C15H19N3O5. The Bertz CT molecular complexity index is 632. The summed E-state index contributed by atoms with van der Waals surface area (Å²) in [6, 6.07) is 4.47. The lowest BCUT2D eigenvalue weighted by atomic mass is 9.97. The lowest BCUT2D eigenvalue weighted by molar-refractivity contribution is -0.385. The fraction of sp³-hybridized carbons (Fsp3) is 0.467. The standard InChI is InChI=1S/C15H19N3O5/c1-10-4-5-12(18(21)22)13(7-10)23-9-14(19)17-6-2-3-11(8-17)15(16)20/h4-5,7,11H,2-3,6,8-9H2,1H3,(H2,16,20). The quantitative estimate of drug-likeness (QED) is 0.641. The van der Waals surface area contributed by atoms with E-state index in [4.69, 9.17) is 10.5 Å². The smallest absolute Gasteiger partial charge is 0.310 e. The number of nitro benzene ring substituents is 1. The van der Waals surface area contributed by atoms with E-state index in [9.17, 15) is 19.7 Å². The van der Waals surface area contributed by atoms with E-state index in [-0.39, 0.29) is 36.4 Å². The second-order valence-electron chi connectivity index (χ2n) is 5.60. The predicted molar refractivity (Wildman–Crippen MR) is 81.8 cm³/mol. The van der Waals surface area contributed by atoms with E-state index in [1.54, 1.807) is 13.0 Å². The topological polar surface area (TPSA) is 116 Å². The summed E-state index contributed by atoms with van der Waals surface area (Å²) < 4.78 is 5.34. The van der Waals surface area contributed by atoms with Gasteiger partial charge < -0.3 is 15.4 Å². The van der Waals surface area contributed by atoms with Gasteiger partial charge in [-0.2, -0.15) is 0 Å². The maximum atomic E-state index is 12.2. The first-order chi connectivity index (χ1) is 10.9. The van der Waals surface area contributed by atoms with E-state index in [2.05, 4.69) is 0 Å². The second-order valence-corrected chi connectivity index (χ2v) is 5.60. The molecule has 8 nitrogen and oxygen atoms in total. The summed E-state index contributed by atoms with van der Waals surface area (Å²) in [5, 5.41) is 11.0. The summed E-state index contributed by atoms with van der Waals surface area (Å²) in [5.41, 5.74) is 5.89. The van der Waals surface area contributed by atoms with Gasteiger partial charge in [0.1, 0.15) is 0 Å². The average molecular weight is 321 g/mol. The van der Waals surface area contributed by atoms with Gasteiger partial charge in [0.2, 0.25) is 5.91 Å². The molecule has 1 unspecified atom stereocenters. The SMILES string of the molecule is Cc1ccc([N+](=O)[O-])c(OCC(=O)N2CCCC(C(N)=O)C2)c1. The summed E-state index contributed by atoms with van der Waals surface area (Å²) in [4.78, 5) is 35.4. The molecule has 8 heteroatoms. The van der Waals surface area contributed by atoms with Crippen molar-refractivity contribution in [3.05, 3.63) is 33.9 Å². The van der Waals surface area contributed by atoms with Crippen LogP contribution in [-0.2, 0) is 9.59 Å². The number of carbonyl (C=O) groups is 2. The molecule has 0 radical (unpaired) electrons. The first-order valence-corrected chi connectivity index (χ1v) is 7.33. The third-order valence-corrected chi connectivity index (χ3v) is 3.84. The van der Waals surface area contributed by atoms with Gasteiger partial charge in [0, 0.05) is 19.2 Å². The van der Waals surface area contributed by atoms with E-state index in [0.717, 1.165) is 5.56 Å². The first kappa shape index (κ1) is 16.7. The fourth-order valence-electron chi connectivity index (χ4n) is 2.55. The van der Waals surface area contributed by atoms with Crippen molar-refractivity contribution in [1.29, 1.82) is 0 Å². The molecule has 1 aliphatic heterocycles. The molecule has 124 valence electrons. The number of amides is 2. The number of nitrogens with two attached hydrogens (primary N) is 1. The van der Waals surface area contributed by atoms with Gasteiger partial charge in [-0.25, -0.2) is 0 Å². The molecule has 1 fully saturated rings. The third kappa shape index (κ3) is 4.18. The molecule has 1 aliphatic rings. The Hall–Kier alpha value is -2.64. The number of aryl methyl sites for hydroxylation is 1. The number of carbonyl (C=O) groups excluding carboxylic acids is 2. The molecule has 0 bridgehead atoms. The number of nitrogens with zero attached hydrogens (tertiary/aromatic N) is 2. The van der Waals surface area contributed by atoms with Gasteiger partial charge in [0.25, 0.3) is 5.91 Å². The third-order valence-electron chi connectivity index (χ3n) is 3.84. The molecule has 1 atom stereocenters. The minimum Gasteiger partial charge on any atom is -0.477 e. The zero-order chi connectivity index (χ0) is 17.0. The lowest BCUT2D eigenvalue weighted by Crippen LogP contribution is -2.45. The van der Waals surface area contributed by atoms with Gasteiger partial charge in [-0.3, -0.25) is 19.7 Å². The van der Waals surface area contributed by atoms with Crippen molar-refractivity contribution in [3.63, 3.8) is 0 Å². The van der Waals surface area contributed by atoms with Crippen LogP contribution >= 0.6 is 0 Å². The molecule has 2 amide bonds. The number of likely N-dealkylation sites (tertiary alicyclic amines) is 1. The number of benzene rings is 1. The van der Waals surface area contributed by atoms with Gasteiger partial charge in [0.15, 0.2) is 12.4 Å². The van der Waals surface area contributed by atoms with Crippen LogP contribution in [0.5, 0.6) is 5.75 Å². The number of piperidine rings is 1. The van der Waals surface area contributed by atoms with E-state index >= 15 is 0 Å². The molecule has 1 saturated heterocycles. The Morgan fingerprint density at radius 3 is 2.87 bits per heavy atom. The molecule has 0 spiro atoms. The highest BCUT2D eigenvalue weighted by Crippen LogP contribution is 2.27. The zero-order valence-electron chi connectivity index (χ0n) is 12.9. The van der Waals surface area contributed by atoms with Gasteiger partial charge in [-0.1, -0.05) is 6.07 Å². The minimum absolute atomic E-state index is 0.0619. The summed E-state index contributed by atoms with van der Waals surface area (Å²) in [6.45, 7) is 2.27. The highest BCUT2D eigenvalue weighted by Gasteiger charge is 2.27. The Kier molecular flexibility index (Phi) is 5.15. The van der Waals surface area contributed by atoms with Crippen molar-refractivity contribution in [3.8, 4) is 5.75 Å². The highest BCUT2D eigenvalue weighted by molar-refractivity contribution is 5.81. The number of hydrogen-bond acceptors (Lipinski definition) is 5. The van der Waals surface area contributed by atoms with Crippen LogP contribution in [0.25, 0.3) is 0 Å². The van der Waals surface area contributed by atoms with Crippen molar-refractivity contribution >= 4 is 17.5 Å². The van der Waals surface area contributed by atoms with Crippen molar-refractivity contribution in [1.82, 2.24) is 4.90 Å². The summed E-state index contributed by atoms with van der Waals surface area (Å²) in [6.07, 6.45) is 1.37. The molecule has 1 aromatic rings. The van der Waals surface area contributed by atoms with Gasteiger partial charge in [0.05, 0.1) is 10.8 Å². The van der Waals surface area contributed by atoms with Crippen LogP contribution in [-0.4, -0.2) is 41.3 Å². The van der Waals surface area contributed by atoms with Crippen LogP contribution in [0.1, 0.15) is 18.4 Å². The number of primary amides is 1. The Labute approximate surface area is 133 Å². The molecule has 2 rings (SSSR count). The van der Waals surface area contributed by atoms with Crippen LogP contribution in [0.15, 0.2) is 18.2 Å². The van der Waals surface area contributed by atoms with E-state index in [1.165, 1.54) is 17.0 Å². The number of ether oxygens (including phenoxy) is 1. The van der Waals surface area contributed by atoms with Crippen molar-refractivity contribution in [2.24, 2.45) is 11.7 Å². The van der Waals surface area contributed by atoms with Crippen LogP contribution in [0.2, 0.25) is 0 Å². The van der Waals surface area contributed by atoms with E-state index in [1.807, 2.05) is 0 Å². The molecular weight excluding hydrogens is 302 g/mol. The first-order valence-electron chi connectivity index (χ1n) is 7.33. The van der Waals surface area contributed by atoms with Crippen LogP contribution in [0.4, 0.5) is 5.69 Å². The van der Waals surface area contributed by atoms with Gasteiger partial charge in [-0.15, -0.1) is 0 Å². The highest BCUT2D eigenvalue weighted by atomic mass is 16.6.